The van der Waals surface area contributed by atoms with E-state index in [-0.39, 0.29) is 17.9 Å². The minimum Gasteiger partial charge on any atom is -0.361 e. The predicted octanol–water partition coefficient (Wildman–Crippen LogP) is -0.00858. The molecule has 2 N–H and O–H groups in total. The highest BCUT2D eigenvalue weighted by Gasteiger charge is 2.21. The third-order valence-corrected chi connectivity index (χ3v) is 2.60. The van der Waals surface area contributed by atoms with Gasteiger partial charge >= 0.3 is 0 Å². The zero-order valence-corrected chi connectivity index (χ0v) is 8.95. The lowest BCUT2D eigenvalue weighted by molar-refractivity contribution is -0.122. The van der Waals surface area contributed by atoms with Crippen molar-refractivity contribution in [3.05, 3.63) is 17.5 Å². The van der Waals surface area contributed by atoms with Crippen LogP contribution < -0.4 is 10.6 Å². The van der Waals surface area contributed by atoms with Crippen LogP contribution in [-0.4, -0.2) is 29.6 Å². The number of nitrogens with one attached hydrogen (secondary N) is 2. The molecule has 2 heterocycles. The van der Waals surface area contributed by atoms with Gasteiger partial charge in [-0.1, -0.05) is 5.16 Å². The molecule has 0 saturated carbocycles. The van der Waals surface area contributed by atoms with Gasteiger partial charge in [-0.05, 0) is 13.3 Å². The van der Waals surface area contributed by atoms with Gasteiger partial charge in [0, 0.05) is 19.0 Å². The molecule has 1 unspecified atom stereocenters. The maximum Gasteiger partial charge on any atom is 0.256 e. The van der Waals surface area contributed by atoms with Crippen molar-refractivity contribution in [2.75, 3.05) is 6.54 Å². The number of carbonyl (C=O) groups is 2. The Labute approximate surface area is 92.4 Å². The quantitative estimate of drug-likeness (QED) is 0.738. The first-order valence-electron chi connectivity index (χ1n) is 5.15. The maximum atomic E-state index is 11.8. The summed E-state index contributed by atoms with van der Waals surface area (Å²) < 4.78 is 4.81. The van der Waals surface area contributed by atoms with Crippen molar-refractivity contribution >= 4 is 11.8 Å². The van der Waals surface area contributed by atoms with E-state index in [2.05, 4.69) is 15.8 Å². The van der Waals surface area contributed by atoms with E-state index in [9.17, 15) is 9.59 Å². The van der Waals surface area contributed by atoms with Crippen LogP contribution in [0.3, 0.4) is 0 Å². The van der Waals surface area contributed by atoms with E-state index in [1.54, 1.807) is 6.92 Å². The van der Waals surface area contributed by atoms with Gasteiger partial charge in [0.2, 0.25) is 5.91 Å². The van der Waals surface area contributed by atoms with E-state index in [4.69, 9.17) is 4.52 Å². The van der Waals surface area contributed by atoms with Crippen LogP contribution in [0.2, 0.25) is 0 Å². The second kappa shape index (κ2) is 4.34. The Balaban J connectivity index is 1.93. The molecule has 0 radical (unpaired) electrons. The Morgan fingerprint density at radius 3 is 3.06 bits per heavy atom. The standard InChI is InChI=1S/C10H13N3O3/c1-6-8(5-12-16-6)10(15)13-7-2-3-9(14)11-4-7/h5,7H,2-4H2,1H3,(H,11,14)(H,13,15). The molecule has 0 aliphatic carbocycles. The number of nitrogens with zero attached hydrogens (tertiary/aromatic N) is 1. The third-order valence-electron chi connectivity index (χ3n) is 2.60. The summed E-state index contributed by atoms with van der Waals surface area (Å²) in [5, 5.41) is 9.08. The Morgan fingerprint density at radius 1 is 1.69 bits per heavy atom. The molecular weight excluding hydrogens is 210 g/mol. The smallest absolute Gasteiger partial charge is 0.256 e. The number of aromatic nitrogens is 1. The molecule has 1 atom stereocenters. The van der Waals surface area contributed by atoms with E-state index in [0.717, 1.165) is 0 Å². The van der Waals surface area contributed by atoms with Crippen LogP contribution in [0.25, 0.3) is 0 Å². The summed E-state index contributed by atoms with van der Waals surface area (Å²) >= 11 is 0. The largest absolute Gasteiger partial charge is 0.361 e. The minimum atomic E-state index is -0.208. The van der Waals surface area contributed by atoms with Crippen LogP contribution in [0.5, 0.6) is 0 Å². The monoisotopic (exact) mass is 223 g/mol. The Hall–Kier alpha value is -1.85. The van der Waals surface area contributed by atoms with Crippen molar-refractivity contribution in [3.8, 4) is 0 Å². The molecule has 1 fully saturated rings. The van der Waals surface area contributed by atoms with Gasteiger partial charge in [-0.2, -0.15) is 0 Å². The van der Waals surface area contributed by atoms with Crippen molar-refractivity contribution in [1.29, 1.82) is 0 Å². The van der Waals surface area contributed by atoms with Crippen molar-refractivity contribution in [1.82, 2.24) is 15.8 Å². The lowest BCUT2D eigenvalue weighted by atomic mass is 10.1. The molecule has 2 rings (SSSR count). The summed E-state index contributed by atoms with van der Waals surface area (Å²) in [6.07, 6.45) is 2.52. The number of amides is 2. The molecule has 6 nitrogen and oxygen atoms in total. The highest BCUT2D eigenvalue weighted by molar-refractivity contribution is 5.95. The molecule has 1 aliphatic heterocycles. The number of hydrogen-bond acceptors (Lipinski definition) is 4. The second-order valence-corrected chi connectivity index (χ2v) is 3.81. The van der Waals surface area contributed by atoms with Crippen LogP contribution in [0, 0.1) is 6.92 Å². The number of carbonyl (C=O) groups excluding carboxylic acids is 2. The van der Waals surface area contributed by atoms with E-state index in [1.165, 1.54) is 6.20 Å². The zero-order valence-electron chi connectivity index (χ0n) is 8.95. The molecular formula is C10H13N3O3. The van der Waals surface area contributed by atoms with Crippen LogP contribution in [0.4, 0.5) is 0 Å². The Morgan fingerprint density at radius 2 is 2.50 bits per heavy atom. The summed E-state index contributed by atoms with van der Waals surface area (Å²) in [4.78, 5) is 22.7. The summed E-state index contributed by atoms with van der Waals surface area (Å²) in [5.74, 6) is 0.323. The molecule has 6 heteroatoms. The third kappa shape index (κ3) is 2.21. The van der Waals surface area contributed by atoms with Gasteiger partial charge in [-0.3, -0.25) is 9.59 Å². The van der Waals surface area contributed by atoms with Crippen molar-refractivity contribution in [2.45, 2.75) is 25.8 Å². The minimum absolute atomic E-state index is 0.0144. The predicted molar refractivity (Wildman–Crippen MR) is 54.7 cm³/mol. The van der Waals surface area contributed by atoms with Gasteiger partial charge in [-0.25, -0.2) is 0 Å². The first-order chi connectivity index (χ1) is 7.66. The average molecular weight is 223 g/mol. The molecule has 2 amide bonds. The fourth-order valence-electron chi connectivity index (χ4n) is 1.64. The van der Waals surface area contributed by atoms with Crippen LogP contribution >= 0.6 is 0 Å². The fourth-order valence-corrected chi connectivity index (χ4v) is 1.64. The van der Waals surface area contributed by atoms with Gasteiger partial charge < -0.3 is 15.2 Å². The highest BCUT2D eigenvalue weighted by Crippen LogP contribution is 2.08. The highest BCUT2D eigenvalue weighted by atomic mass is 16.5. The molecule has 0 aromatic carbocycles. The fraction of sp³-hybridized carbons (Fsp3) is 0.500. The summed E-state index contributed by atoms with van der Waals surface area (Å²) in [7, 11) is 0. The average Bonchev–Trinajstić information content (AvgIpc) is 2.68. The molecule has 86 valence electrons. The Bertz CT molecular complexity index is 403. The molecule has 1 aromatic heterocycles. The lowest BCUT2D eigenvalue weighted by Gasteiger charge is -2.23. The SMILES string of the molecule is Cc1oncc1C(=O)NC1CCC(=O)NC1. The molecule has 16 heavy (non-hydrogen) atoms. The molecule has 1 aromatic rings. The summed E-state index contributed by atoms with van der Waals surface area (Å²) in [6.45, 7) is 2.17. The molecule has 1 saturated heterocycles. The first-order valence-corrected chi connectivity index (χ1v) is 5.15. The lowest BCUT2D eigenvalue weighted by Crippen LogP contribution is -2.47. The van der Waals surface area contributed by atoms with Gasteiger partial charge in [-0.15, -0.1) is 0 Å². The zero-order chi connectivity index (χ0) is 11.5. The van der Waals surface area contributed by atoms with Gasteiger partial charge in [0.15, 0.2) is 0 Å². The number of aryl methyl sites for hydroxylation is 1. The topological polar surface area (TPSA) is 84.2 Å². The number of rotatable bonds is 2. The Kier molecular flexibility index (Phi) is 2.89. The molecule has 0 spiro atoms. The second-order valence-electron chi connectivity index (χ2n) is 3.81. The van der Waals surface area contributed by atoms with E-state index >= 15 is 0 Å². The first kappa shape index (κ1) is 10.7. The van der Waals surface area contributed by atoms with Crippen LogP contribution in [0.15, 0.2) is 10.7 Å². The number of piperidine rings is 1. The van der Waals surface area contributed by atoms with Gasteiger partial charge in [0.1, 0.15) is 11.3 Å². The molecule has 1 aliphatic rings. The van der Waals surface area contributed by atoms with Crippen molar-refractivity contribution in [3.63, 3.8) is 0 Å². The van der Waals surface area contributed by atoms with Gasteiger partial charge in [0.25, 0.3) is 5.91 Å². The van der Waals surface area contributed by atoms with E-state index < -0.39 is 0 Å². The van der Waals surface area contributed by atoms with Crippen LogP contribution in [0.1, 0.15) is 29.0 Å². The van der Waals surface area contributed by atoms with Crippen LogP contribution in [-0.2, 0) is 4.79 Å². The normalized spacial score (nSPS) is 20.3. The van der Waals surface area contributed by atoms with Crippen molar-refractivity contribution in [2.24, 2.45) is 0 Å². The maximum absolute atomic E-state index is 11.8. The summed E-state index contributed by atoms with van der Waals surface area (Å²) in [5.41, 5.74) is 0.442. The van der Waals surface area contributed by atoms with Crippen molar-refractivity contribution < 1.29 is 14.1 Å². The van der Waals surface area contributed by atoms with E-state index in [0.29, 0.717) is 30.7 Å². The summed E-state index contributed by atoms with van der Waals surface area (Å²) in [6, 6.07) is -0.0144. The molecule has 0 bridgehead atoms. The van der Waals surface area contributed by atoms with Gasteiger partial charge in [0.05, 0.1) is 6.20 Å². The van der Waals surface area contributed by atoms with E-state index in [1.807, 2.05) is 0 Å². The number of hydrogen-bond donors (Lipinski definition) is 2.